The first-order valence-corrected chi connectivity index (χ1v) is 7.98. The first-order valence-electron chi connectivity index (χ1n) is 7.98. The molecule has 0 unspecified atom stereocenters. The number of unbranched alkanes of at least 4 members (excludes halogenated alkanes) is 12. The lowest BCUT2D eigenvalue weighted by atomic mass is 10.0. The smallest absolute Gasteiger partial charge is 0.00773 e. The van der Waals surface area contributed by atoms with Crippen molar-refractivity contribution in [1.82, 2.24) is 0 Å². The van der Waals surface area contributed by atoms with Crippen LogP contribution in [0.4, 0.5) is 0 Å². The Morgan fingerprint density at radius 2 is 0.944 bits per heavy atom. The maximum absolute atomic E-state index is 5.47. The van der Waals surface area contributed by atoms with Crippen LogP contribution in [0.2, 0.25) is 0 Å². The normalized spacial score (nSPS) is 11.4. The Balaban J connectivity index is 2.90. The summed E-state index contributed by atoms with van der Waals surface area (Å²) >= 11 is 0. The van der Waals surface area contributed by atoms with E-state index in [0.717, 1.165) is 13.0 Å². The standard InChI is InChI=1S/C16H34N2/c17-15-13-11-9-7-5-3-1-2-4-6-8-10-12-14-16-18/h13,15H,1-12,14,16-18H2. The molecule has 108 valence electrons. The molecule has 0 fully saturated rings. The van der Waals surface area contributed by atoms with E-state index in [2.05, 4.69) is 6.08 Å². The van der Waals surface area contributed by atoms with Gasteiger partial charge in [-0.05, 0) is 32.0 Å². The van der Waals surface area contributed by atoms with Gasteiger partial charge in [-0.25, -0.2) is 0 Å². The molecule has 0 bridgehead atoms. The summed E-state index contributed by atoms with van der Waals surface area (Å²) in [5, 5.41) is 0. The van der Waals surface area contributed by atoms with Crippen molar-refractivity contribution in [2.75, 3.05) is 6.54 Å². The summed E-state index contributed by atoms with van der Waals surface area (Å²) in [6.45, 7) is 0.862. The average Bonchev–Trinajstić information content (AvgIpc) is 2.39. The molecule has 0 aromatic carbocycles. The number of hydrogen-bond acceptors (Lipinski definition) is 2. The van der Waals surface area contributed by atoms with Gasteiger partial charge in [-0.3, -0.25) is 0 Å². The lowest BCUT2D eigenvalue weighted by Crippen LogP contribution is -1.97. The van der Waals surface area contributed by atoms with Crippen molar-refractivity contribution in [1.29, 1.82) is 0 Å². The zero-order valence-electron chi connectivity index (χ0n) is 12.2. The second-order valence-corrected chi connectivity index (χ2v) is 5.25. The summed E-state index contributed by atoms with van der Waals surface area (Å²) in [7, 11) is 0. The van der Waals surface area contributed by atoms with Gasteiger partial charge in [0.2, 0.25) is 0 Å². The van der Waals surface area contributed by atoms with Gasteiger partial charge in [-0.15, -0.1) is 0 Å². The molecular formula is C16H34N2. The molecule has 0 saturated heterocycles. The molecule has 2 nitrogen and oxygen atoms in total. The molecule has 0 atom stereocenters. The minimum atomic E-state index is 0.862. The van der Waals surface area contributed by atoms with Crippen molar-refractivity contribution in [3.63, 3.8) is 0 Å². The average molecular weight is 254 g/mol. The summed E-state index contributed by atoms with van der Waals surface area (Å²) in [5.41, 5.74) is 10.8. The van der Waals surface area contributed by atoms with Crippen molar-refractivity contribution in [2.45, 2.75) is 83.5 Å². The maximum atomic E-state index is 5.47. The van der Waals surface area contributed by atoms with Crippen molar-refractivity contribution in [3.05, 3.63) is 12.3 Å². The Kier molecular flexibility index (Phi) is 16.0. The van der Waals surface area contributed by atoms with E-state index in [9.17, 15) is 0 Å². The third-order valence-corrected chi connectivity index (χ3v) is 3.46. The largest absolute Gasteiger partial charge is 0.405 e. The van der Waals surface area contributed by atoms with Crippen LogP contribution in [0.25, 0.3) is 0 Å². The Hall–Kier alpha value is -0.500. The molecule has 0 amide bonds. The second-order valence-electron chi connectivity index (χ2n) is 5.25. The highest BCUT2D eigenvalue weighted by molar-refractivity contribution is 4.74. The predicted molar refractivity (Wildman–Crippen MR) is 82.4 cm³/mol. The van der Waals surface area contributed by atoms with Gasteiger partial charge in [0, 0.05) is 0 Å². The second kappa shape index (κ2) is 16.5. The Bertz CT molecular complexity index is 166. The van der Waals surface area contributed by atoms with E-state index in [-0.39, 0.29) is 0 Å². The number of hydrogen-bond donors (Lipinski definition) is 2. The van der Waals surface area contributed by atoms with Gasteiger partial charge in [-0.2, -0.15) is 0 Å². The van der Waals surface area contributed by atoms with Crippen LogP contribution in [0.5, 0.6) is 0 Å². The molecule has 0 spiro atoms. The van der Waals surface area contributed by atoms with Gasteiger partial charge in [0.15, 0.2) is 0 Å². The molecule has 0 rings (SSSR count). The van der Waals surface area contributed by atoms with Gasteiger partial charge in [0.1, 0.15) is 0 Å². The monoisotopic (exact) mass is 254 g/mol. The fraction of sp³-hybridized carbons (Fsp3) is 0.875. The van der Waals surface area contributed by atoms with E-state index < -0.39 is 0 Å². The van der Waals surface area contributed by atoms with Crippen LogP contribution in [0.1, 0.15) is 83.5 Å². The quantitative estimate of drug-likeness (QED) is 0.449. The predicted octanol–water partition coefficient (Wildman–Crippen LogP) is 4.49. The summed E-state index contributed by atoms with van der Waals surface area (Å²) in [4.78, 5) is 0. The Labute approximate surface area is 114 Å². The molecular weight excluding hydrogens is 220 g/mol. The molecule has 18 heavy (non-hydrogen) atoms. The molecule has 4 N–H and O–H groups in total. The molecule has 0 aliphatic carbocycles. The van der Waals surface area contributed by atoms with Crippen LogP contribution in [0.15, 0.2) is 12.3 Å². The first-order chi connectivity index (χ1) is 8.91. The third-order valence-electron chi connectivity index (χ3n) is 3.46. The van der Waals surface area contributed by atoms with Crippen molar-refractivity contribution in [3.8, 4) is 0 Å². The molecule has 2 heteroatoms. The highest BCUT2D eigenvalue weighted by Gasteiger charge is 1.93. The summed E-state index contributed by atoms with van der Waals surface area (Å²) in [6, 6.07) is 0. The highest BCUT2D eigenvalue weighted by atomic mass is 14.5. The topological polar surface area (TPSA) is 52.0 Å². The minimum Gasteiger partial charge on any atom is -0.405 e. The minimum absolute atomic E-state index is 0.862. The van der Waals surface area contributed by atoms with E-state index in [1.807, 2.05) is 0 Å². The van der Waals surface area contributed by atoms with Crippen LogP contribution in [0, 0.1) is 0 Å². The van der Waals surface area contributed by atoms with Crippen molar-refractivity contribution in [2.24, 2.45) is 11.5 Å². The van der Waals surface area contributed by atoms with E-state index in [1.54, 1.807) is 6.20 Å². The van der Waals surface area contributed by atoms with E-state index >= 15 is 0 Å². The number of allylic oxidation sites excluding steroid dienone is 1. The van der Waals surface area contributed by atoms with Crippen molar-refractivity contribution >= 4 is 0 Å². The van der Waals surface area contributed by atoms with Crippen LogP contribution in [-0.4, -0.2) is 6.54 Å². The SMILES string of the molecule is NC=CCCCCCCCCCCCCCCN. The fourth-order valence-electron chi connectivity index (χ4n) is 2.27. The molecule has 0 heterocycles. The summed E-state index contributed by atoms with van der Waals surface area (Å²) in [6.07, 6.45) is 21.4. The van der Waals surface area contributed by atoms with Gasteiger partial charge in [0.05, 0.1) is 0 Å². The van der Waals surface area contributed by atoms with E-state index in [1.165, 1.54) is 77.0 Å². The first kappa shape index (κ1) is 17.5. The van der Waals surface area contributed by atoms with E-state index in [0.29, 0.717) is 0 Å². The third kappa shape index (κ3) is 15.5. The zero-order valence-corrected chi connectivity index (χ0v) is 12.2. The van der Waals surface area contributed by atoms with Crippen LogP contribution in [-0.2, 0) is 0 Å². The Morgan fingerprint density at radius 1 is 0.556 bits per heavy atom. The highest BCUT2D eigenvalue weighted by Crippen LogP contribution is 2.12. The Morgan fingerprint density at radius 3 is 1.33 bits per heavy atom. The molecule has 0 aliphatic heterocycles. The van der Waals surface area contributed by atoms with E-state index in [4.69, 9.17) is 11.5 Å². The van der Waals surface area contributed by atoms with Gasteiger partial charge in [-0.1, -0.05) is 70.3 Å². The molecule has 0 radical (unpaired) electrons. The molecule has 0 aromatic heterocycles. The van der Waals surface area contributed by atoms with Gasteiger partial charge in [0.25, 0.3) is 0 Å². The van der Waals surface area contributed by atoms with Crippen LogP contribution in [0.3, 0.4) is 0 Å². The summed E-state index contributed by atoms with van der Waals surface area (Å²) < 4.78 is 0. The van der Waals surface area contributed by atoms with Crippen LogP contribution < -0.4 is 11.5 Å². The van der Waals surface area contributed by atoms with Crippen molar-refractivity contribution < 1.29 is 0 Å². The zero-order chi connectivity index (χ0) is 13.3. The maximum Gasteiger partial charge on any atom is -0.00773 e. The van der Waals surface area contributed by atoms with Gasteiger partial charge >= 0.3 is 0 Å². The summed E-state index contributed by atoms with van der Waals surface area (Å²) in [5.74, 6) is 0. The molecule has 0 aromatic rings. The molecule has 0 saturated carbocycles. The van der Waals surface area contributed by atoms with Gasteiger partial charge < -0.3 is 11.5 Å². The lowest BCUT2D eigenvalue weighted by molar-refractivity contribution is 0.542. The fourth-order valence-corrected chi connectivity index (χ4v) is 2.27. The number of rotatable bonds is 14. The van der Waals surface area contributed by atoms with Crippen LogP contribution >= 0.6 is 0 Å². The molecule has 0 aliphatic rings. The number of nitrogens with two attached hydrogens (primary N) is 2. The lowest BCUT2D eigenvalue weighted by Gasteiger charge is -2.02.